The molecule has 0 aromatic rings. The maximum atomic E-state index is 14.2. The minimum atomic E-state index is -1.46. The quantitative estimate of drug-likeness (QED) is 0.261. The third-order valence-electron chi connectivity index (χ3n) is 12.4. The van der Waals surface area contributed by atoms with E-state index < -0.39 is 70.5 Å². The number of epoxide rings is 1. The normalized spacial score (nSPS) is 58.5. The van der Waals surface area contributed by atoms with Gasteiger partial charge in [0.15, 0.2) is 12.1 Å². The average molecular weight is 563 g/mol. The summed E-state index contributed by atoms with van der Waals surface area (Å²) in [5.41, 5.74) is -4.18. The Balaban J connectivity index is 1.14. The van der Waals surface area contributed by atoms with Crippen molar-refractivity contribution in [3.05, 3.63) is 12.2 Å². The molecule has 7 aliphatic rings. The van der Waals surface area contributed by atoms with Gasteiger partial charge in [-0.05, 0) is 69.8 Å². The molecule has 7 rings (SSSR count). The minimum absolute atomic E-state index is 0.0706. The molecule has 2 saturated heterocycles. The van der Waals surface area contributed by atoms with Gasteiger partial charge in [0.05, 0.1) is 29.8 Å². The van der Waals surface area contributed by atoms with Crippen LogP contribution in [0.25, 0.3) is 0 Å². The molecule has 15 unspecified atom stereocenters. The van der Waals surface area contributed by atoms with Crippen LogP contribution in [0.15, 0.2) is 12.2 Å². The number of ketones is 1. The summed E-state index contributed by atoms with van der Waals surface area (Å²) >= 11 is 0. The van der Waals surface area contributed by atoms with Crippen LogP contribution in [0.2, 0.25) is 0 Å². The fourth-order valence-corrected chi connectivity index (χ4v) is 10.2. The number of Topliss-reactive ketones (excluding diaryl/α,β-unsaturated/α-hetero) is 1. The molecule has 3 N–H and O–H groups in total. The second-order valence-corrected chi connectivity index (χ2v) is 13.9. The molecule has 40 heavy (non-hydrogen) atoms. The number of fused-ring (bicyclic) bond motifs is 3. The number of ether oxygens (including phenoxy) is 5. The Kier molecular flexibility index (Phi) is 6.04. The van der Waals surface area contributed by atoms with Crippen molar-refractivity contribution >= 4 is 11.8 Å². The van der Waals surface area contributed by atoms with E-state index in [0.717, 1.165) is 19.3 Å². The molecule has 4 saturated carbocycles. The van der Waals surface area contributed by atoms with Crippen molar-refractivity contribution in [1.82, 2.24) is 0 Å². The van der Waals surface area contributed by atoms with E-state index >= 15 is 0 Å². The van der Waals surface area contributed by atoms with Gasteiger partial charge in [0.2, 0.25) is 0 Å². The smallest absolute Gasteiger partial charge is 0.331 e. The number of esters is 1. The third-order valence-corrected chi connectivity index (χ3v) is 12.4. The van der Waals surface area contributed by atoms with E-state index in [4.69, 9.17) is 23.7 Å². The predicted molar refractivity (Wildman–Crippen MR) is 138 cm³/mol. The zero-order chi connectivity index (χ0) is 28.4. The summed E-state index contributed by atoms with van der Waals surface area (Å²) in [6.07, 6.45) is 3.10. The van der Waals surface area contributed by atoms with Crippen LogP contribution in [0.4, 0.5) is 0 Å². The molecular weight excluding hydrogens is 520 g/mol. The van der Waals surface area contributed by atoms with E-state index in [2.05, 4.69) is 6.92 Å². The van der Waals surface area contributed by atoms with Crippen LogP contribution in [0, 0.1) is 28.6 Å². The minimum Gasteiger partial charge on any atom is -0.455 e. The van der Waals surface area contributed by atoms with Crippen molar-refractivity contribution in [3.63, 3.8) is 0 Å². The fourth-order valence-electron chi connectivity index (χ4n) is 10.2. The number of rotatable bonds is 4. The Morgan fingerprint density at radius 2 is 1.85 bits per heavy atom. The highest BCUT2D eigenvalue weighted by atomic mass is 16.7. The van der Waals surface area contributed by atoms with Gasteiger partial charge in [-0.3, -0.25) is 4.79 Å². The van der Waals surface area contributed by atoms with E-state index in [1.807, 2.05) is 6.92 Å². The molecule has 0 radical (unpaired) electrons. The molecule has 0 aromatic carbocycles. The molecule has 6 fully saturated rings. The molecule has 4 aliphatic carbocycles. The highest BCUT2D eigenvalue weighted by Gasteiger charge is 2.88. The lowest BCUT2D eigenvalue weighted by Crippen LogP contribution is -2.76. The number of hydrogen-bond acceptors (Lipinski definition) is 10. The zero-order valence-electron chi connectivity index (χ0n) is 23.7. The van der Waals surface area contributed by atoms with E-state index in [1.165, 1.54) is 6.08 Å². The van der Waals surface area contributed by atoms with Gasteiger partial charge >= 0.3 is 5.97 Å². The van der Waals surface area contributed by atoms with Crippen LogP contribution in [0.1, 0.15) is 65.7 Å². The van der Waals surface area contributed by atoms with E-state index in [9.17, 15) is 24.9 Å². The molecule has 3 heterocycles. The lowest BCUT2D eigenvalue weighted by atomic mass is 9.41. The van der Waals surface area contributed by atoms with Crippen LogP contribution >= 0.6 is 0 Å². The first kappa shape index (κ1) is 27.4. The van der Waals surface area contributed by atoms with E-state index in [0.29, 0.717) is 25.7 Å². The van der Waals surface area contributed by atoms with Crippen LogP contribution in [-0.4, -0.2) is 94.4 Å². The van der Waals surface area contributed by atoms with Crippen molar-refractivity contribution < 1.29 is 48.6 Å². The van der Waals surface area contributed by atoms with Gasteiger partial charge in [-0.1, -0.05) is 6.92 Å². The molecule has 1 spiro atoms. The average Bonchev–Trinajstić information content (AvgIpc) is 3.36. The summed E-state index contributed by atoms with van der Waals surface area (Å²) in [7, 11) is 1.58. The number of hydrogen-bond donors (Lipinski definition) is 3. The van der Waals surface area contributed by atoms with E-state index in [1.54, 1.807) is 20.1 Å². The molecule has 10 heteroatoms. The van der Waals surface area contributed by atoms with Gasteiger partial charge in [0.1, 0.15) is 29.5 Å². The van der Waals surface area contributed by atoms with Crippen molar-refractivity contribution in [2.24, 2.45) is 28.6 Å². The molecule has 0 aromatic heterocycles. The molecular formula is C30H42O10. The second-order valence-electron chi connectivity index (χ2n) is 13.9. The van der Waals surface area contributed by atoms with Gasteiger partial charge < -0.3 is 39.0 Å². The Morgan fingerprint density at radius 3 is 2.55 bits per heavy atom. The molecule has 0 amide bonds. The lowest BCUT2D eigenvalue weighted by molar-refractivity contribution is -0.273. The maximum Gasteiger partial charge on any atom is 0.331 e. The monoisotopic (exact) mass is 562 g/mol. The largest absolute Gasteiger partial charge is 0.455 e. The topological polar surface area (TPSA) is 144 Å². The van der Waals surface area contributed by atoms with E-state index in [-0.39, 0.29) is 30.0 Å². The number of carbonyl (C=O) groups excluding carboxylic acids is 2. The SMILES string of the molecule is COC1CC(OC2CCC3(C)C(C2)CC2OC24C3C(O)C(=O)C2(C)C(C3C=CC(=O)O3)CCC24O)OC(C)C1O. The van der Waals surface area contributed by atoms with Gasteiger partial charge in [0, 0.05) is 31.4 Å². The van der Waals surface area contributed by atoms with Crippen LogP contribution in [0.3, 0.4) is 0 Å². The highest BCUT2D eigenvalue weighted by Crippen LogP contribution is 2.76. The number of carbonyl (C=O) groups is 2. The lowest BCUT2D eigenvalue weighted by Gasteiger charge is -2.62. The third kappa shape index (κ3) is 3.30. The number of aliphatic hydroxyl groups is 3. The Hall–Kier alpha value is -1.40. The first-order valence-corrected chi connectivity index (χ1v) is 14.9. The summed E-state index contributed by atoms with van der Waals surface area (Å²) in [6, 6.07) is 0. The van der Waals surface area contributed by atoms with Crippen LogP contribution in [-0.2, 0) is 33.3 Å². The second kappa shape index (κ2) is 8.81. The number of methoxy groups -OCH3 is 1. The Morgan fingerprint density at radius 1 is 1.07 bits per heavy atom. The summed E-state index contributed by atoms with van der Waals surface area (Å²) in [5, 5.41) is 34.6. The predicted octanol–water partition coefficient (Wildman–Crippen LogP) is 1.42. The molecule has 15 atom stereocenters. The van der Waals surface area contributed by atoms with Crippen molar-refractivity contribution in [2.75, 3.05) is 7.11 Å². The van der Waals surface area contributed by atoms with Crippen molar-refractivity contribution in [1.29, 1.82) is 0 Å². The Bertz CT molecular complexity index is 1130. The summed E-state index contributed by atoms with van der Waals surface area (Å²) < 4.78 is 29.8. The van der Waals surface area contributed by atoms with Gasteiger partial charge in [-0.2, -0.15) is 0 Å². The summed E-state index contributed by atoms with van der Waals surface area (Å²) in [5.74, 6) is -1.64. The van der Waals surface area contributed by atoms with Crippen LogP contribution < -0.4 is 0 Å². The van der Waals surface area contributed by atoms with Crippen LogP contribution in [0.5, 0.6) is 0 Å². The number of aliphatic hydroxyl groups excluding tert-OH is 2. The first-order valence-electron chi connectivity index (χ1n) is 14.9. The molecule has 222 valence electrons. The van der Waals surface area contributed by atoms with Crippen molar-refractivity contribution in [2.45, 2.75) is 126 Å². The molecule has 0 bridgehead atoms. The van der Waals surface area contributed by atoms with Gasteiger partial charge in [-0.25, -0.2) is 4.79 Å². The summed E-state index contributed by atoms with van der Waals surface area (Å²) in [4.78, 5) is 26.0. The summed E-state index contributed by atoms with van der Waals surface area (Å²) in [6.45, 7) is 5.70. The maximum absolute atomic E-state index is 14.2. The standard InChI is InChI=1S/C30H42O10/c1-14-23(32)19(36-4)13-22(37-14)38-16-7-9-27(2)15(11-16)12-20-30(40-20)25(27)24(33)26(34)28(3)17(8-10-29(28,30)35)18-5-6-21(31)39-18/h5-6,14-20,22-25,32-33,35H,7-13H2,1-4H3. The van der Waals surface area contributed by atoms with Gasteiger partial charge in [-0.15, -0.1) is 0 Å². The molecule has 10 nitrogen and oxygen atoms in total. The number of cyclic esters (lactones) is 1. The zero-order valence-corrected chi connectivity index (χ0v) is 23.7. The molecule has 3 aliphatic heterocycles. The highest BCUT2D eigenvalue weighted by molar-refractivity contribution is 5.93. The fraction of sp³-hybridized carbons (Fsp3) is 0.867. The first-order chi connectivity index (χ1) is 18.9. The van der Waals surface area contributed by atoms with Crippen molar-refractivity contribution in [3.8, 4) is 0 Å². The Labute approximate surface area is 234 Å². The van der Waals surface area contributed by atoms with Gasteiger partial charge in [0.25, 0.3) is 0 Å².